The Bertz CT molecular complexity index is 931. The number of thioether (sulfide) groups is 2. The van der Waals surface area contributed by atoms with E-state index in [1.807, 2.05) is 79.4 Å². The molecule has 0 saturated heterocycles. The highest BCUT2D eigenvalue weighted by atomic mass is 32.2. The normalized spacial score (nSPS) is 11.8. The molecule has 1 amide bonds. The van der Waals surface area contributed by atoms with Crippen molar-refractivity contribution in [3.8, 4) is 5.75 Å². The number of nitrogens with zero attached hydrogens (tertiary/aromatic N) is 3. The van der Waals surface area contributed by atoms with Crippen molar-refractivity contribution >= 4 is 35.1 Å². The zero-order valence-electron chi connectivity index (χ0n) is 16.0. The van der Waals surface area contributed by atoms with Gasteiger partial charge in [-0.1, -0.05) is 36.0 Å². The van der Waals surface area contributed by atoms with E-state index in [2.05, 4.69) is 15.5 Å². The predicted molar refractivity (Wildman–Crippen MR) is 114 cm³/mol. The minimum atomic E-state index is -0.252. The third-order valence-electron chi connectivity index (χ3n) is 3.97. The summed E-state index contributed by atoms with van der Waals surface area (Å²) in [4.78, 5) is 13.4. The van der Waals surface area contributed by atoms with Crippen LogP contribution in [0.5, 0.6) is 5.75 Å². The average Bonchev–Trinajstić information content (AvgIpc) is 3.08. The summed E-state index contributed by atoms with van der Waals surface area (Å²) < 4.78 is 7.77. The van der Waals surface area contributed by atoms with Gasteiger partial charge in [0.1, 0.15) is 5.75 Å². The number of ether oxygens (including phenoxy) is 1. The fourth-order valence-corrected chi connectivity index (χ4v) is 3.77. The van der Waals surface area contributed by atoms with Crippen molar-refractivity contribution in [3.05, 3.63) is 60.4 Å². The number of anilines is 1. The Balaban J connectivity index is 1.57. The molecule has 3 aromatic rings. The van der Waals surface area contributed by atoms with Crippen LogP contribution < -0.4 is 10.1 Å². The molecule has 1 aromatic heterocycles. The number of hydrogen-bond acceptors (Lipinski definition) is 6. The smallest absolute Gasteiger partial charge is 0.234 e. The molecule has 1 N–H and O–H groups in total. The van der Waals surface area contributed by atoms with E-state index in [-0.39, 0.29) is 17.8 Å². The first kappa shape index (κ1) is 20.3. The van der Waals surface area contributed by atoms with Gasteiger partial charge in [-0.05, 0) is 43.5 Å². The van der Waals surface area contributed by atoms with E-state index < -0.39 is 0 Å². The highest BCUT2D eigenvalue weighted by Gasteiger charge is 2.18. The van der Waals surface area contributed by atoms with Gasteiger partial charge in [-0.25, -0.2) is 0 Å². The molecule has 0 aliphatic rings. The van der Waals surface area contributed by atoms with Crippen LogP contribution in [-0.2, 0) is 11.8 Å². The first-order chi connectivity index (χ1) is 13.6. The van der Waals surface area contributed by atoms with Crippen molar-refractivity contribution < 1.29 is 9.53 Å². The third kappa shape index (κ3) is 5.30. The van der Waals surface area contributed by atoms with Crippen LogP contribution in [0.4, 0.5) is 5.69 Å². The predicted octanol–water partition coefficient (Wildman–Crippen LogP) is 4.41. The van der Waals surface area contributed by atoms with Gasteiger partial charge in [0.15, 0.2) is 17.1 Å². The van der Waals surface area contributed by atoms with E-state index in [1.54, 1.807) is 11.8 Å². The van der Waals surface area contributed by atoms with Gasteiger partial charge < -0.3 is 14.6 Å². The maximum Gasteiger partial charge on any atom is 0.234 e. The topological polar surface area (TPSA) is 69.0 Å². The lowest BCUT2D eigenvalue weighted by Crippen LogP contribution is -2.15. The van der Waals surface area contributed by atoms with E-state index in [4.69, 9.17) is 4.74 Å². The molecule has 8 heteroatoms. The molecule has 146 valence electrons. The van der Waals surface area contributed by atoms with Crippen molar-refractivity contribution in [2.24, 2.45) is 7.05 Å². The maximum absolute atomic E-state index is 12.3. The van der Waals surface area contributed by atoms with E-state index in [9.17, 15) is 4.79 Å². The second kappa shape index (κ2) is 9.66. The SMILES string of the molecule is CSc1cccc(NC(=O)CSc2nnc([C@H](C)Oc3ccccc3)n2C)c1. The quantitative estimate of drug-likeness (QED) is 0.551. The fourth-order valence-electron chi connectivity index (χ4n) is 2.59. The van der Waals surface area contributed by atoms with Crippen LogP contribution >= 0.6 is 23.5 Å². The van der Waals surface area contributed by atoms with Gasteiger partial charge in [0.25, 0.3) is 0 Å². The van der Waals surface area contributed by atoms with Gasteiger partial charge >= 0.3 is 0 Å². The van der Waals surface area contributed by atoms with Gasteiger partial charge in [-0.15, -0.1) is 22.0 Å². The fraction of sp³-hybridized carbons (Fsp3) is 0.250. The zero-order valence-corrected chi connectivity index (χ0v) is 17.6. The second-order valence-corrected chi connectivity index (χ2v) is 7.86. The van der Waals surface area contributed by atoms with Gasteiger partial charge in [-0.2, -0.15) is 0 Å². The summed E-state index contributed by atoms with van der Waals surface area (Å²) >= 11 is 2.98. The van der Waals surface area contributed by atoms with Crippen molar-refractivity contribution in [1.82, 2.24) is 14.8 Å². The molecule has 0 fully saturated rings. The molecule has 6 nitrogen and oxygen atoms in total. The largest absolute Gasteiger partial charge is 0.483 e. The van der Waals surface area contributed by atoms with Crippen LogP contribution in [-0.4, -0.2) is 32.7 Å². The molecule has 0 aliphatic heterocycles. The highest BCUT2D eigenvalue weighted by molar-refractivity contribution is 7.99. The van der Waals surface area contributed by atoms with Crippen LogP contribution in [0.2, 0.25) is 0 Å². The summed E-state index contributed by atoms with van der Waals surface area (Å²) in [5, 5.41) is 12.0. The lowest BCUT2D eigenvalue weighted by molar-refractivity contribution is -0.113. The summed E-state index contributed by atoms with van der Waals surface area (Å²) in [5.41, 5.74) is 0.793. The molecular formula is C20H22N4O2S2. The monoisotopic (exact) mass is 414 g/mol. The number of aromatic nitrogens is 3. The molecule has 0 radical (unpaired) electrons. The average molecular weight is 415 g/mol. The van der Waals surface area contributed by atoms with Gasteiger partial charge in [0.05, 0.1) is 5.75 Å². The Kier molecular flexibility index (Phi) is 7.00. The lowest BCUT2D eigenvalue weighted by atomic mass is 10.3. The first-order valence-corrected chi connectivity index (χ1v) is 11.0. The van der Waals surface area contributed by atoms with E-state index in [1.165, 1.54) is 11.8 Å². The Hall–Kier alpha value is -2.45. The standard InChI is InChI=1S/C20H22N4O2S2/c1-14(26-16-9-5-4-6-10-16)19-22-23-20(24(19)2)28-13-18(25)21-15-8-7-11-17(12-15)27-3/h4-12,14H,13H2,1-3H3,(H,21,25)/t14-/m0/s1. The Morgan fingerprint density at radius 2 is 1.96 bits per heavy atom. The molecule has 0 bridgehead atoms. The lowest BCUT2D eigenvalue weighted by Gasteiger charge is -2.14. The molecule has 2 aromatic carbocycles. The van der Waals surface area contributed by atoms with Crippen molar-refractivity contribution in [2.45, 2.75) is 23.1 Å². The van der Waals surface area contributed by atoms with Gasteiger partial charge in [0.2, 0.25) is 5.91 Å². The molecule has 28 heavy (non-hydrogen) atoms. The van der Waals surface area contributed by atoms with Crippen LogP contribution in [0.25, 0.3) is 0 Å². The van der Waals surface area contributed by atoms with Gasteiger partial charge in [-0.3, -0.25) is 4.79 Å². The number of carbonyl (C=O) groups is 1. The van der Waals surface area contributed by atoms with Crippen LogP contribution in [0.15, 0.2) is 64.6 Å². The Labute approximate surface area is 173 Å². The highest BCUT2D eigenvalue weighted by Crippen LogP contribution is 2.24. The molecule has 3 rings (SSSR count). The summed E-state index contributed by atoms with van der Waals surface area (Å²) in [5.74, 6) is 1.66. The number of amides is 1. The zero-order chi connectivity index (χ0) is 19.9. The third-order valence-corrected chi connectivity index (χ3v) is 5.72. The van der Waals surface area contributed by atoms with Gasteiger partial charge in [0, 0.05) is 17.6 Å². The molecule has 0 saturated carbocycles. The molecule has 0 unspecified atom stereocenters. The van der Waals surface area contributed by atoms with Crippen molar-refractivity contribution in [3.63, 3.8) is 0 Å². The summed E-state index contributed by atoms with van der Waals surface area (Å²) in [7, 11) is 1.88. The van der Waals surface area contributed by atoms with Crippen LogP contribution in [0.3, 0.4) is 0 Å². The van der Waals surface area contributed by atoms with E-state index in [0.29, 0.717) is 11.0 Å². The van der Waals surface area contributed by atoms with Crippen molar-refractivity contribution in [2.75, 3.05) is 17.3 Å². The molecule has 0 aliphatic carbocycles. The first-order valence-electron chi connectivity index (χ1n) is 8.74. The number of benzene rings is 2. The summed E-state index contributed by atoms with van der Waals surface area (Å²) in [6.07, 6.45) is 1.75. The minimum absolute atomic E-state index is 0.0820. The second-order valence-electron chi connectivity index (χ2n) is 6.04. The van der Waals surface area contributed by atoms with Crippen LogP contribution in [0.1, 0.15) is 18.9 Å². The molecular weight excluding hydrogens is 392 g/mol. The summed E-state index contributed by atoms with van der Waals surface area (Å²) in [6.45, 7) is 1.93. The van der Waals surface area contributed by atoms with Crippen LogP contribution in [0, 0.1) is 0 Å². The molecule has 0 spiro atoms. The van der Waals surface area contributed by atoms with E-state index >= 15 is 0 Å². The number of hydrogen-bond donors (Lipinski definition) is 1. The van der Waals surface area contributed by atoms with Crippen molar-refractivity contribution in [1.29, 1.82) is 0 Å². The number of nitrogens with one attached hydrogen (secondary N) is 1. The van der Waals surface area contributed by atoms with E-state index in [0.717, 1.165) is 16.3 Å². The Morgan fingerprint density at radius 3 is 2.71 bits per heavy atom. The number of para-hydroxylation sites is 1. The molecule has 1 atom stereocenters. The Morgan fingerprint density at radius 1 is 1.18 bits per heavy atom. The minimum Gasteiger partial charge on any atom is -0.483 e. The molecule has 1 heterocycles. The summed E-state index contributed by atoms with van der Waals surface area (Å²) in [6, 6.07) is 17.4. The maximum atomic E-state index is 12.3. The number of rotatable bonds is 8. The number of carbonyl (C=O) groups excluding carboxylic acids is 1.